The van der Waals surface area contributed by atoms with Gasteiger partial charge in [-0.05, 0) is 47.9 Å². The Labute approximate surface area is 248 Å². The van der Waals surface area contributed by atoms with Gasteiger partial charge in [-0.25, -0.2) is 0 Å². The van der Waals surface area contributed by atoms with Crippen molar-refractivity contribution in [3.8, 4) is 11.4 Å². The fraction of sp³-hybridized carbons (Fsp3) is 0.0270. The summed E-state index contributed by atoms with van der Waals surface area (Å²) in [6.45, 7) is 0. The molecule has 208 valence electrons. The maximum absolute atomic E-state index is 11.8. The molecule has 1 aliphatic heterocycles. The number of hydrogen-bond donors (Lipinski definition) is 1. The van der Waals surface area contributed by atoms with Crippen molar-refractivity contribution in [2.24, 2.45) is 0 Å². The summed E-state index contributed by atoms with van der Waals surface area (Å²) in [7, 11) is -4.34. The lowest BCUT2D eigenvalue weighted by molar-refractivity contribution is 0.164. The molecule has 8 rings (SSSR count). The molecule has 0 bridgehead atoms. The molecule has 0 amide bonds. The summed E-state index contributed by atoms with van der Waals surface area (Å²) in [5, 5.41) is 4.39. The van der Waals surface area contributed by atoms with Gasteiger partial charge in [-0.15, -0.1) is 0 Å². The smallest absolute Gasteiger partial charge is 0.294 e. The van der Waals surface area contributed by atoms with Gasteiger partial charge in [0.05, 0.1) is 15.9 Å². The molecule has 43 heavy (non-hydrogen) atoms. The van der Waals surface area contributed by atoms with Gasteiger partial charge in [0.2, 0.25) is 0 Å². The molecule has 6 aromatic carbocycles. The number of ether oxygens (including phenoxy) is 1. The minimum absolute atomic E-state index is 0.167. The van der Waals surface area contributed by atoms with Crippen molar-refractivity contribution < 1.29 is 17.7 Å². The van der Waals surface area contributed by atoms with Crippen molar-refractivity contribution in [2.75, 3.05) is 0 Å². The van der Waals surface area contributed by atoms with Gasteiger partial charge < -0.3 is 9.30 Å². The minimum Gasteiger partial charge on any atom is -0.472 e. The summed E-state index contributed by atoms with van der Waals surface area (Å²) in [6.07, 6.45) is 4.18. The van der Waals surface area contributed by atoms with E-state index >= 15 is 0 Å². The molecule has 2 heterocycles. The van der Waals surface area contributed by atoms with Gasteiger partial charge in [0.15, 0.2) is 5.60 Å². The first-order chi connectivity index (χ1) is 21.0. The Hall–Kier alpha value is -5.17. The maximum atomic E-state index is 11.8. The summed E-state index contributed by atoms with van der Waals surface area (Å²) in [5.74, 6) is 0.744. The van der Waals surface area contributed by atoms with Crippen molar-refractivity contribution >= 4 is 48.8 Å². The van der Waals surface area contributed by atoms with E-state index in [0.717, 1.165) is 60.7 Å². The van der Waals surface area contributed by atoms with E-state index in [1.165, 1.54) is 12.1 Å². The van der Waals surface area contributed by atoms with Gasteiger partial charge in [-0.3, -0.25) is 4.55 Å². The zero-order chi connectivity index (χ0) is 29.2. The van der Waals surface area contributed by atoms with E-state index in [0.29, 0.717) is 0 Å². The average Bonchev–Trinajstić information content (AvgIpc) is 3.41. The van der Waals surface area contributed by atoms with Crippen molar-refractivity contribution in [3.05, 3.63) is 156 Å². The number of fused-ring (bicyclic) bond motifs is 8. The molecular weight excluding hydrogens is 554 g/mol. The molecule has 0 spiro atoms. The highest BCUT2D eigenvalue weighted by Crippen LogP contribution is 2.50. The largest absolute Gasteiger partial charge is 0.472 e. The highest BCUT2D eigenvalue weighted by atomic mass is 32.2. The van der Waals surface area contributed by atoms with Crippen LogP contribution in [0.15, 0.2) is 144 Å². The van der Waals surface area contributed by atoms with Crippen LogP contribution in [0.1, 0.15) is 16.7 Å². The second-order valence-electron chi connectivity index (χ2n) is 10.7. The summed E-state index contributed by atoms with van der Waals surface area (Å²) in [4.78, 5) is -0.167. The molecule has 5 nitrogen and oxygen atoms in total. The Kier molecular flexibility index (Phi) is 5.60. The standard InChI is InChI=1S/C37H25NO4S/c39-43(40,41)28-21-19-26(20-22-28)37(25-11-3-1-4-12-25)24-23-32-35-34(29-15-7-8-16-30(29)36(32)42-37)31-17-9-10-18-33(31)38(35)27-13-5-2-6-14-27/h1-24H,(H,39,40,41). The Morgan fingerprint density at radius 3 is 1.91 bits per heavy atom. The lowest BCUT2D eigenvalue weighted by Gasteiger charge is -2.37. The zero-order valence-corrected chi connectivity index (χ0v) is 23.7. The lowest BCUT2D eigenvalue weighted by Crippen LogP contribution is -2.34. The van der Waals surface area contributed by atoms with Crippen molar-refractivity contribution in [2.45, 2.75) is 10.5 Å². The molecule has 1 aliphatic rings. The summed E-state index contributed by atoms with van der Waals surface area (Å²) in [6, 6.07) is 43.3. The quantitative estimate of drug-likeness (QED) is 0.212. The van der Waals surface area contributed by atoms with Crippen LogP contribution in [0.25, 0.3) is 44.3 Å². The van der Waals surface area contributed by atoms with Gasteiger partial charge in [0, 0.05) is 38.5 Å². The maximum Gasteiger partial charge on any atom is 0.294 e. The van der Waals surface area contributed by atoms with Gasteiger partial charge in [0.25, 0.3) is 10.1 Å². The van der Waals surface area contributed by atoms with Crippen molar-refractivity contribution in [3.63, 3.8) is 0 Å². The van der Waals surface area contributed by atoms with Crippen molar-refractivity contribution in [1.29, 1.82) is 0 Å². The first-order valence-corrected chi connectivity index (χ1v) is 15.4. The fourth-order valence-corrected chi connectivity index (χ4v) is 6.94. The van der Waals surface area contributed by atoms with E-state index in [-0.39, 0.29) is 4.90 Å². The lowest BCUT2D eigenvalue weighted by atomic mass is 9.83. The molecule has 1 atom stereocenters. The third kappa shape index (κ3) is 3.84. The molecule has 0 saturated carbocycles. The Morgan fingerprint density at radius 1 is 0.628 bits per heavy atom. The summed E-state index contributed by atoms with van der Waals surface area (Å²) < 4.78 is 42.8. The molecule has 6 heteroatoms. The monoisotopic (exact) mass is 579 g/mol. The van der Waals surface area contributed by atoms with E-state index in [1.54, 1.807) is 12.1 Å². The van der Waals surface area contributed by atoms with Crippen LogP contribution >= 0.6 is 0 Å². The molecule has 1 N–H and O–H groups in total. The highest BCUT2D eigenvalue weighted by Gasteiger charge is 2.39. The van der Waals surface area contributed by atoms with Gasteiger partial charge in [0.1, 0.15) is 5.75 Å². The predicted octanol–water partition coefficient (Wildman–Crippen LogP) is 8.53. The Morgan fingerprint density at radius 2 is 1.21 bits per heavy atom. The summed E-state index contributed by atoms with van der Waals surface area (Å²) >= 11 is 0. The number of aromatic nitrogens is 1. The van der Waals surface area contributed by atoms with Crippen LogP contribution in [-0.4, -0.2) is 17.5 Å². The third-order valence-electron chi connectivity index (χ3n) is 8.36. The molecule has 0 radical (unpaired) electrons. The van der Waals surface area contributed by atoms with Crippen LogP contribution in [-0.2, 0) is 15.7 Å². The minimum atomic E-state index is -4.34. The highest BCUT2D eigenvalue weighted by molar-refractivity contribution is 7.85. The SMILES string of the molecule is O=S(=O)(O)c1ccc(C2(c3ccccc3)C=Cc3c(c4ccccc4c4c5ccccc5n(-c5ccccc5)c34)O2)cc1. The zero-order valence-electron chi connectivity index (χ0n) is 22.9. The van der Waals surface area contributed by atoms with Crippen molar-refractivity contribution in [1.82, 2.24) is 4.57 Å². The topological polar surface area (TPSA) is 68.5 Å². The number of para-hydroxylation sites is 2. The van der Waals surface area contributed by atoms with Gasteiger partial charge in [-0.1, -0.05) is 103 Å². The first kappa shape index (κ1) is 25.5. The second kappa shape index (κ2) is 9.42. The van der Waals surface area contributed by atoms with E-state index in [9.17, 15) is 13.0 Å². The van der Waals surface area contributed by atoms with E-state index in [1.807, 2.05) is 60.7 Å². The molecule has 0 aliphatic carbocycles. The van der Waals surface area contributed by atoms with Crippen LogP contribution in [0.2, 0.25) is 0 Å². The normalized spacial score (nSPS) is 16.4. The van der Waals surface area contributed by atoms with Crippen LogP contribution in [0, 0.1) is 0 Å². The molecule has 0 saturated heterocycles. The van der Waals surface area contributed by atoms with Crippen LogP contribution in [0.4, 0.5) is 0 Å². The molecular formula is C37H25NO4S. The molecule has 0 fully saturated rings. The van der Waals surface area contributed by atoms with Gasteiger partial charge >= 0.3 is 0 Å². The number of nitrogens with zero attached hydrogens (tertiary/aromatic N) is 1. The first-order valence-electron chi connectivity index (χ1n) is 14.0. The van der Waals surface area contributed by atoms with E-state index < -0.39 is 15.7 Å². The van der Waals surface area contributed by atoms with E-state index in [4.69, 9.17) is 4.74 Å². The third-order valence-corrected chi connectivity index (χ3v) is 9.23. The Balaban J connectivity index is 1.48. The summed E-state index contributed by atoms with van der Waals surface area (Å²) in [5.41, 5.74) is 4.77. The molecule has 1 unspecified atom stereocenters. The predicted molar refractivity (Wildman–Crippen MR) is 171 cm³/mol. The molecule has 1 aromatic heterocycles. The van der Waals surface area contributed by atoms with Crippen LogP contribution in [0.3, 0.4) is 0 Å². The molecule has 7 aromatic rings. The number of hydrogen-bond acceptors (Lipinski definition) is 3. The van der Waals surface area contributed by atoms with Gasteiger partial charge in [-0.2, -0.15) is 8.42 Å². The Bertz CT molecular complexity index is 2320. The fourth-order valence-electron chi connectivity index (χ4n) is 6.46. The van der Waals surface area contributed by atoms with Crippen LogP contribution < -0.4 is 4.74 Å². The number of benzene rings is 6. The second-order valence-corrected chi connectivity index (χ2v) is 12.2. The van der Waals surface area contributed by atoms with Crippen LogP contribution in [0.5, 0.6) is 5.75 Å². The number of rotatable bonds is 4. The van der Waals surface area contributed by atoms with E-state index in [2.05, 4.69) is 65.2 Å². The average molecular weight is 580 g/mol.